The summed E-state index contributed by atoms with van der Waals surface area (Å²) >= 11 is 0. The molecular weight excluding hydrogens is 516 g/mol. The van der Waals surface area contributed by atoms with Gasteiger partial charge in [0.05, 0.1) is 6.20 Å². The maximum Gasteiger partial charge on any atom is 0.319 e. The Hall–Kier alpha value is -3.33. The first-order chi connectivity index (χ1) is 19.8. The fourth-order valence-corrected chi connectivity index (χ4v) is 5.16. The monoisotopic (exact) mass is 566 g/mol. The van der Waals surface area contributed by atoms with Gasteiger partial charge in [0.1, 0.15) is 0 Å². The molecule has 2 amide bonds. The molecular formula is C32H50N6O3. The number of hydrogen-bond donors (Lipinski definition) is 5. The first-order valence-corrected chi connectivity index (χ1v) is 15.5. The number of benzene rings is 1. The van der Waals surface area contributed by atoms with Gasteiger partial charge < -0.3 is 26.0 Å². The van der Waals surface area contributed by atoms with E-state index < -0.39 is 5.97 Å². The van der Waals surface area contributed by atoms with E-state index in [1.807, 2.05) is 16.9 Å². The third-order valence-corrected chi connectivity index (χ3v) is 7.54. The Kier molecular flexibility index (Phi) is 13.2. The molecule has 9 nitrogen and oxygen atoms in total. The number of hydrogen-bond acceptors (Lipinski definition) is 4. The summed E-state index contributed by atoms with van der Waals surface area (Å²) in [6.45, 7) is 10.2. The Balaban J connectivity index is 0.000000507. The van der Waals surface area contributed by atoms with Crippen LogP contribution in [0.4, 0.5) is 10.5 Å². The van der Waals surface area contributed by atoms with Crippen molar-refractivity contribution in [1.29, 1.82) is 0 Å². The lowest BCUT2D eigenvalue weighted by Gasteiger charge is -2.23. The Morgan fingerprint density at radius 1 is 1.12 bits per heavy atom. The van der Waals surface area contributed by atoms with Crippen LogP contribution < -0.4 is 16.0 Å². The molecule has 1 aromatic carbocycles. The minimum atomic E-state index is -0.682. The van der Waals surface area contributed by atoms with Gasteiger partial charge in [-0.15, -0.1) is 0 Å². The number of urea groups is 1. The van der Waals surface area contributed by atoms with Crippen LogP contribution in [0.15, 0.2) is 30.6 Å². The average Bonchev–Trinajstić information content (AvgIpc) is 3.56. The third-order valence-electron chi connectivity index (χ3n) is 7.54. The number of carbonyl (C=O) groups excluding carboxylic acids is 1. The number of aromatic amines is 1. The number of aromatic nitrogens is 3. The van der Waals surface area contributed by atoms with Crippen LogP contribution in [-0.2, 0) is 24.1 Å². The van der Waals surface area contributed by atoms with Gasteiger partial charge in [-0.1, -0.05) is 39.5 Å². The van der Waals surface area contributed by atoms with E-state index in [0.717, 1.165) is 82.0 Å². The smallest absolute Gasteiger partial charge is 0.319 e. The zero-order chi connectivity index (χ0) is 29.6. The molecule has 0 saturated carbocycles. The van der Waals surface area contributed by atoms with Crippen LogP contribution in [-0.4, -0.2) is 51.0 Å². The minimum Gasteiger partial charge on any atom is -0.481 e. The topological polar surface area (TPSA) is 124 Å². The van der Waals surface area contributed by atoms with Crippen molar-refractivity contribution in [3.05, 3.63) is 47.4 Å². The number of aryl methyl sites for hydroxylation is 1. The molecule has 0 fully saturated rings. The molecule has 5 N–H and O–H groups in total. The number of amides is 2. The van der Waals surface area contributed by atoms with Gasteiger partial charge in [-0.2, -0.15) is 5.10 Å². The largest absolute Gasteiger partial charge is 0.481 e. The van der Waals surface area contributed by atoms with Crippen LogP contribution >= 0.6 is 0 Å². The molecule has 0 saturated heterocycles. The molecule has 2 aromatic heterocycles. The van der Waals surface area contributed by atoms with Crippen molar-refractivity contribution < 1.29 is 14.7 Å². The molecule has 0 aliphatic heterocycles. The molecule has 2 heterocycles. The lowest BCUT2D eigenvalue weighted by Crippen LogP contribution is -2.35. The van der Waals surface area contributed by atoms with Gasteiger partial charge in [0.15, 0.2) is 0 Å². The standard InChI is InChI=1S/C26H38N6O.C6H12O2/c1-4-5-6-12-28-26(33)30-21-8-10-25-23(15-21)22-14-20(7-9-24(22)31-25)27-13-11-19-16-29-32(17-19)18(2)3;1-2-3-4-5-6(7)8/h8,10,15-18,20,27,31H,4-7,9,11-14H2,1-3H3,(H2,28,30,33);2-5H2,1H3,(H,7,8). The zero-order valence-electron chi connectivity index (χ0n) is 25.4. The normalized spacial score (nSPS) is 14.4. The number of carbonyl (C=O) groups is 2. The Bertz CT molecular complexity index is 1230. The van der Waals surface area contributed by atoms with Crippen molar-refractivity contribution >= 4 is 28.6 Å². The van der Waals surface area contributed by atoms with E-state index in [4.69, 9.17) is 5.11 Å². The van der Waals surface area contributed by atoms with E-state index in [-0.39, 0.29) is 6.03 Å². The van der Waals surface area contributed by atoms with Crippen molar-refractivity contribution in [2.45, 2.75) is 110 Å². The number of H-pyrrole nitrogens is 1. The summed E-state index contributed by atoms with van der Waals surface area (Å²) in [6.07, 6.45) is 14.9. The number of carboxylic acids is 1. The van der Waals surface area contributed by atoms with Crippen LogP contribution in [0.3, 0.4) is 0 Å². The van der Waals surface area contributed by atoms with E-state index in [1.54, 1.807) is 0 Å². The van der Waals surface area contributed by atoms with E-state index in [2.05, 4.69) is 72.1 Å². The second-order valence-electron chi connectivity index (χ2n) is 11.3. The molecule has 0 spiro atoms. The van der Waals surface area contributed by atoms with Gasteiger partial charge in [0.2, 0.25) is 0 Å². The number of aliphatic carboxylic acids is 1. The van der Waals surface area contributed by atoms with Gasteiger partial charge in [-0.05, 0) is 88.2 Å². The third kappa shape index (κ3) is 10.5. The van der Waals surface area contributed by atoms with Gasteiger partial charge in [0.25, 0.3) is 0 Å². The number of rotatable bonds is 14. The van der Waals surface area contributed by atoms with E-state index in [1.165, 1.54) is 22.2 Å². The SMILES string of the molecule is CCCCCC(=O)O.CCCCCNC(=O)Nc1ccc2[nH]c3c(c2c1)CC(NCCc1cnn(C(C)C)c1)CC3. The van der Waals surface area contributed by atoms with Crippen molar-refractivity contribution in [2.75, 3.05) is 18.4 Å². The van der Waals surface area contributed by atoms with E-state index in [0.29, 0.717) is 25.0 Å². The summed E-state index contributed by atoms with van der Waals surface area (Å²) in [7, 11) is 0. The molecule has 4 rings (SSSR count). The molecule has 226 valence electrons. The highest BCUT2D eigenvalue weighted by atomic mass is 16.4. The highest BCUT2D eigenvalue weighted by Crippen LogP contribution is 2.31. The highest BCUT2D eigenvalue weighted by Gasteiger charge is 2.22. The van der Waals surface area contributed by atoms with Crippen LogP contribution in [0, 0.1) is 0 Å². The predicted molar refractivity (Wildman–Crippen MR) is 167 cm³/mol. The molecule has 1 unspecified atom stereocenters. The number of carboxylic acid groups (broad SMARTS) is 1. The van der Waals surface area contributed by atoms with Crippen molar-refractivity contribution in [3.8, 4) is 0 Å². The van der Waals surface area contributed by atoms with Crippen molar-refractivity contribution in [2.24, 2.45) is 0 Å². The number of nitrogens with zero attached hydrogens (tertiary/aromatic N) is 2. The Morgan fingerprint density at radius 2 is 1.90 bits per heavy atom. The summed E-state index contributed by atoms with van der Waals surface area (Å²) in [6, 6.07) is 6.90. The zero-order valence-corrected chi connectivity index (χ0v) is 25.4. The van der Waals surface area contributed by atoms with E-state index >= 15 is 0 Å². The Labute approximate surface area is 244 Å². The fraction of sp³-hybridized carbons (Fsp3) is 0.594. The molecule has 1 aliphatic rings. The number of anilines is 1. The number of nitrogens with one attached hydrogen (secondary N) is 4. The van der Waals surface area contributed by atoms with Crippen LogP contribution in [0.2, 0.25) is 0 Å². The molecule has 0 radical (unpaired) electrons. The first-order valence-electron chi connectivity index (χ1n) is 15.5. The molecule has 1 aliphatic carbocycles. The maximum atomic E-state index is 12.2. The number of unbranched alkanes of at least 4 members (excludes halogenated alkanes) is 4. The van der Waals surface area contributed by atoms with Gasteiger partial charge >= 0.3 is 12.0 Å². The second kappa shape index (κ2) is 16.8. The molecule has 9 heteroatoms. The summed E-state index contributed by atoms with van der Waals surface area (Å²) in [5.74, 6) is -0.682. The van der Waals surface area contributed by atoms with Crippen molar-refractivity contribution in [1.82, 2.24) is 25.4 Å². The first kappa shape index (κ1) is 32.2. The lowest BCUT2D eigenvalue weighted by atomic mass is 9.91. The summed E-state index contributed by atoms with van der Waals surface area (Å²) < 4.78 is 2.02. The maximum absolute atomic E-state index is 12.2. The van der Waals surface area contributed by atoms with Crippen molar-refractivity contribution in [3.63, 3.8) is 0 Å². The quantitative estimate of drug-likeness (QED) is 0.141. The van der Waals surface area contributed by atoms with E-state index in [9.17, 15) is 9.59 Å². The van der Waals surface area contributed by atoms with Gasteiger partial charge in [-0.3, -0.25) is 9.48 Å². The predicted octanol–water partition coefficient (Wildman–Crippen LogP) is 6.60. The highest BCUT2D eigenvalue weighted by molar-refractivity contribution is 5.94. The summed E-state index contributed by atoms with van der Waals surface area (Å²) in [4.78, 5) is 25.7. The van der Waals surface area contributed by atoms with Gasteiger partial charge in [-0.25, -0.2) is 4.79 Å². The second-order valence-corrected chi connectivity index (χ2v) is 11.3. The van der Waals surface area contributed by atoms with Gasteiger partial charge in [0, 0.05) is 53.5 Å². The lowest BCUT2D eigenvalue weighted by molar-refractivity contribution is -0.137. The summed E-state index contributed by atoms with van der Waals surface area (Å²) in [5, 5.41) is 23.5. The molecule has 1 atom stereocenters. The Morgan fingerprint density at radius 3 is 2.61 bits per heavy atom. The molecule has 41 heavy (non-hydrogen) atoms. The van der Waals surface area contributed by atoms with Crippen LogP contribution in [0.1, 0.15) is 102 Å². The molecule has 3 aromatic rings. The summed E-state index contributed by atoms with van der Waals surface area (Å²) in [5.41, 5.74) is 5.99. The molecule has 0 bridgehead atoms. The van der Waals surface area contributed by atoms with Crippen LogP contribution in [0.5, 0.6) is 0 Å². The number of fused-ring (bicyclic) bond motifs is 3. The minimum absolute atomic E-state index is 0.129. The fourth-order valence-electron chi connectivity index (χ4n) is 5.16. The average molecular weight is 567 g/mol. The van der Waals surface area contributed by atoms with Crippen LogP contribution in [0.25, 0.3) is 10.9 Å².